The Morgan fingerprint density at radius 3 is 1.14 bits per heavy atom. The molecule has 1 unspecified atom stereocenters. The molecule has 6 nitrogen and oxygen atoms in total. The highest BCUT2D eigenvalue weighted by atomic mass is 16.6. The van der Waals surface area contributed by atoms with Gasteiger partial charge in [-0.1, -0.05) is 206 Å². The third kappa shape index (κ3) is 48.8. The van der Waals surface area contributed by atoms with Crippen LogP contribution in [0.25, 0.3) is 0 Å². The van der Waals surface area contributed by atoms with Gasteiger partial charge in [0.1, 0.15) is 13.2 Å². The quantitative estimate of drug-likeness (QED) is 0.0199. The Hall–Kier alpha value is -4.19. The van der Waals surface area contributed by atoms with E-state index >= 15 is 0 Å². The van der Waals surface area contributed by atoms with Gasteiger partial charge >= 0.3 is 17.9 Å². The van der Waals surface area contributed by atoms with E-state index in [4.69, 9.17) is 14.2 Å². The summed E-state index contributed by atoms with van der Waals surface area (Å²) in [5.41, 5.74) is 0. The summed E-state index contributed by atoms with van der Waals surface area (Å²) in [4.78, 5) is 37.9. The standard InChI is InChI=1S/C58H92O6/c1-4-7-10-13-16-19-22-24-26-28-30-31-33-36-39-42-45-48-51-57(60)63-54-55(53-62-56(59)50-47-44-41-38-35-21-18-15-12-9-6-3)64-58(61)52-49-46-43-40-37-34-32-29-27-25-23-20-17-14-11-8-5-2/h15-22,24-28,30-32,34-35,40,43,55H,4-14,23,29,33,36-39,41-42,44-54H2,1-3H3/b18-15-,19-16-,20-17-,24-22-,27-25-,28-26-,31-30-,34-32-,35-21-,43-40-. The first kappa shape index (κ1) is 59.8. The van der Waals surface area contributed by atoms with Crippen molar-refractivity contribution < 1.29 is 28.6 Å². The van der Waals surface area contributed by atoms with Crippen molar-refractivity contribution in [1.29, 1.82) is 0 Å². The lowest BCUT2D eigenvalue weighted by atomic mass is 10.1. The number of carbonyl (C=O) groups is 3. The Morgan fingerprint density at radius 2 is 0.656 bits per heavy atom. The molecule has 0 aromatic heterocycles. The number of rotatable bonds is 44. The number of allylic oxidation sites excluding steroid dienone is 20. The molecule has 0 aromatic rings. The first-order chi connectivity index (χ1) is 31.5. The highest BCUT2D eigenvalue weighted by Gasteiger charge is 2.19. The Kier molecular flexibility index (Phi) is 48.1. The van der Waals surface area contributed by atoms with Crippen molar-refractivity contribution in [2.45, 2.75) is 213 Å². The van der Waals surface area contributed by atoms with Crippen LogP contribution in [0.5, 0.6) is 0 Å². The third-order valence-electron chi connectivity index (χ3n) is 10.3. The summed E-state index contributed by atoms with van der Waals surface area (Å²) < 4.78 is 16.7. The molecule has 1 atom stereocenters. The topological polar surface area (TPSA) is 78.9 Å². The van der Waals surface area contributed by atoms with Crippen LogP contribution in [-0.2, 0) is 28.6 Å². The Balaban J connectivity index is 4.56. The molecule has 0 aromatic carbocycles. The lowest BCUT2D eigenvalue weighted by molar-refractivity contribution is -0.167. The monoisotopic (exact) mass is 885 g/mol. The number of unbranched alkanes of at least 4 members (excludes halogenated alkanes) is 17. The van der Waals surface area contributed by atoms with E-state index in [0.29, 0.717) is 19.3 Å². The molecule has 0 spiro atoms. The molecule has 6 heteroatoms. The van der Waals surface area contributed by atoms with Crippen molar-refractivity contribution >= 4 is 17.9 Å². The van der Waals surface area contributed by atoms with E-state index in [2.05, 4.69) is 142 Å². The molecule has 0 radical (unpaired) electrons. The zero-order valence-corrected chi connectivity index (χ0v) is 41.0. The molecule has 0 saturated heterocycles. The van der Waals surface area contributed by atoms with Gasteiger partial charge in [-0.05, 0) is 103 Å². The summed E-state index contributed by atoms with van der Waals surface area (Å²) in [5.74, 6) is -1.04. The second-order valence-electron chi connectivity index (χ2n) is 16.5. The molecule has 0 fully saturated rings. The van der Waals surface area contributed by atoms with Gasteiger partial charge < -0.3 is 14.2 Å². The van der Waals surface area contributed by atoms with E-state index in [1.54, 1.807) is 0 Å². The maximum Gasteiger partial charge on any atom is 0.306 e. The molecule has 64 heavy (non-hydrogen) atoms. The predicted octanol–water partition coefficient (Wildman–Crippen LogP) is 16.9. The summed E-state index contributed by atoms with van der Waals surface area (Å²) in [6.07, 6.45) is 70.4. The Morgan fingerprint density at radius 1 is 0.328 bits per heavy atom. The van der Waals surface area contributed by atoms with Crippen molar-refractivity contribution in [3.8, 4) is 0 Å². The van der Waals surface area contributed by atoms with Gasteiger partial charge in [0, 0.05) is 19.3 Å². The Bertz CT molecular complexity index is 1390. The normalized spacial score (nSPS) is 13.1. The smallest absolute Gasteiger partial charge is 0.306 e. The van der Waals surface area contributed by atoms with Crippen molar-refractivity contribution in [2.24, 2.45) is 0 Å². The van der Waals surface area contributed by atoms with Crippen LogP contribution in [0.4, 0.5) is 0 Å². The van der Waals surface area contributed by atoms with E-state index in [0.717, 1.165) is 103 Å². The molecule has 0 N–H and O–H groups in total. The highest BCUT2D eigenvalue weighted by molar-refractivity contribution is 5.71. The number of hydrogen-bond acceptors (Lipinski definition) is 6. The van der Waals surface area contributed by atoms with Crippen LogP contribution in [0.1, 0.15) is 207 Å². The second-order valence-corrected chi connectivity index (χ2v) is 16.5. The van der Waals surface area contributed by atoms with Gasteiger partial charge in [-0.15, -0.1) is 0 Å². The van der Waals surface area contributed by atoms with E-state index in [-0.39, 0.29) is 37.5 Å². The zero-order chi connectivity index (χ0) is 46.5. The fourth-order valence-corrected chi connectivity index (χ4v) is 6.36. The maximum absolute atomic E-state index is 12.8. The molecular formula is C58H92O6. The Labute approximate surface area is 392 Å². The minimum atomic E-state index is -0.830. The minimum Gasteiger partial charge on any atom is -0.462 e. The van der Waals surface area contributed by atoms with Crippen LogP contribution in [-0.4, -0.2) is 37.2 Å². The number of esters is 3. The molecule has 0 aliphatic heterocycles. The molecule has 0 aliphatic rings. The lowest BCUT2D eigenvalue weighted by Crippen LogP contribution is -2.30. The molecule has 0 aliphatic carbocycles. The zero-order valence-electron chi connectivity index (χ0n) is 41.0. The lowest BCUT2D eigenvalue weighted by Gasteiger charge is -2.18. The van der Waals surface area contributed by atoms with Crippen molar-refractivity contribution in [1.82, 2.24) is 0 Å². The molecule has 0 amide bonds. The molecule has 360 valence electrons. The van der Waals surface area contributed by atoms with E-state index in [1.165, 1.54) is 57.8 Å². The minimum absolute atomic E-state index is 0.124. The molecule has 0 saturated carbocycles. The van der Waals surface area contributed by atoms with Crippen molar-refractivity contribution in [2.75, 3.05) is 13.2 Å². The predicted molar refractivity (Wildman–Crippen MR) is 274 cm³/mol. The highest BCUT2D eigenvalue weighted by Crippen LogP contribution is 2.11. The van der Waals surface area contributed by atoms with Crippen LogP contribution in [0.3, 0.4) is 0 Å². The van der Waals surface area contributed by atoms with E-state index < -0.39 is 6.10 Å². The SMILES string of the molecule is CCCC/C=C\C=C/CCCCCC(=O)OCC(COC(=O)CCCCCCC\C=C/C=C\C=C/C=C\CCCCC)OC(=O)CCC/C=C\C/C=C\C/C=C\C/C=C\CCCCC. The van der Waals surface area contributed by atoms with Gasteiger partial charge in [0.2, 0.25) is 0 Å². The summed E-state index contributed by atoms with van der Waals surface area (Å²) in [6, 6.07) is 0. The van der Waals surface area contributed by atoms with Gasteiger partial charge in [-0.25, -0.2) is 0 Å². The first-order valence-corrected chi connectivity index (χ1v) is 25.6. The van der Waals surface area contributed by atoms with Crippen molar-refractivity contribution in [3.05, 3.63) is 122 Å². The number of hydrogen-bond donors (Lipinski definition) is 0. The molecule has 0 heterocycles. The summed E-state index contributed by atoms with van der Waals surface area (Å²) in [7, 11) is 0. The second kappa shape index (κ2) is 51.4. The van der Waals surface area contributed by atoms with Gasteiger partial charge in [0.15, 0.2) is 6.10 Å². The fourth-order valence-electron chi connectivity index (χ4n) is 6.36. The number of carbonyl (C=O) groups excluding carboxylic acids is 3. The van der Waals surface area contributed by atoms with Gasteiger partial charge in [-0.3, -0.25) is 14.4 Å². The van der Waals surface area contributed by atoms with Gasteiger partial charge in [0.05, 0.1) is 0 Å². The average molecular weight is 885 g/mol. The van der Waals surface area contributed by atoms with Crippen molar-refractivity contribution in [3.63, 3.8) is 0 Å². The number of ether oxygens (including phenoxy) is 3. The van der Waals surface area contributed by atoms with Gasteiger partial charge in [0.25, 0.3) is 0 Å². The molecule has 0 bridgehead atoms. The average Bonchev–Trinajstić information content (AvgIpc) is 3.29. The van der Waals surface area contributed by atoms with Crippen LogP contribution >= 0.6 is 0 Å². The van der Waals surface area contributed by atoms with E-state index in [1.807, 2.05) is 0 Å². The fraction of sp³-hybridized carbons (Fsp3) is 0.603. The van der Waals surface area contributed by atoms with Crippen LogP contribution in [0.2, 0.25) is 0 Å². The molecule has 0 rings (SSSR count). The largest absolute Gasteiger partial charge is 0.462 e. The summed E-state index contributed by atoms with van der Waals surface area (Å²) >= 11 is 0. The summed E-state index contributed by atoms with van der Waals surface area (Å²) in [5, 5.41) is 0. The summed E-state index contributed by atoms with van der Waals surface area (Å²) in [6.45, 7) is 6.40. The third-order valence-corrected chi connectivity index (χ3v) is 10.3. The van der Waals surface area contributed by atoms with Crippen LogP contribution in [0, 0.1) is 0 Å². The first-order valence-electron chi connectivity index (χ1n) is 25.6. The maximum atomic E-state index is 12.8. The van der Waals surface area contributed by atoms with Crippen LogP contribution in [0.15, 0.2) is 122 Å². The molecular weight excluding hydrogens is 793 g/mol. The van der Waals surface area contributed by atoms with E-state index in [9.17, 15) is 14.4 Å². The van der Waals surface area contributed by atoms with Gasteiger partial charge in [-0.2, -0.15) is 0 Å². The van der Waals surface area contributed by atoms with Crippen LogP contribution < -0.4 is 0 Å².